The molecule has 2 aliphatic heterocycles. The summed E-state index contributed by atoms with van der Waals surface area (Å²) in [5.41, 5.74) is -1.11. The molecule has 100 valence electrons. The van der Waals surface area contributed by atoms with Crippen molar-refractivity contribution in [3.05, 3.63) is 0 Å². The van der Waals surface area contributed by atoms with Gasteiger partial charge < -0.3 is 14.8 Å². The van der Waals surface area contributed by atoms with Crippen LogP contribution in [0.2, 0.25) is 0 Å². The van der Waals surface area contributed by atoms with Crippen molar-refractivity contribution >= 4 is 0 Å². The number of halogens is 1. The molecule has 0 spiro atoms. The smallest absolute Gasteiger partial charge is 0.110 e. The number of nitrogens with one attached hydrogen (secondary N) is 1. The van der Waals surface area contributed by atoms with E-state index >= 15 is 0 Å². The number of ether oxygens (including phenoxy) is 2. The molecule has 17 heavy (non-hydrogen) atoms. The molecule has 0 aliphatic carbocycles. The van der Waals surface area contributed by atoms with Crippen LogP contribution in [0.3, 0.4) is 0 Å². The minimum absolute atomic E-state index is 0.170. The van der Waals surface area contributed by atoms with Gasteiger partial charge in [-0.05, 0) is 39.0 Å². The summed E-state index contributed by atoms with van der Waals surface area (Å²) in [6.07, 6.45) is 4.50. The van der Waals surface area contributed by atoms with Gasteiger partial charge in [-0.3, -0.25) is 0 Å². The van der Waals surface area contributed by atoms with Crippen molar-refractivity contribution in [1.29, 1.82) is 0 Å². The lowest BCUT2D eigenvalue weighted by Crippen LogP contribution is -2.44. The second kappa shape index (κ2) is 6.12. The van der Waals surface area contributed by atoms with Crippen LogP contribution in [-0.2, 0) is 9.47 Å². The molecule has 0 bridgehead atoms. The van der Waals surface area contributed by atoms with Crippen molar-refractivity contribution in [3.63, 3.8) is 0 Å². The lowest BCUT2D eigenvalue weighted by Gasteiger charge is -2.30. The van der Waals surface area contributed by atoms with E-state index in [-0.39, 0.29) is 6.04 Å². The highest BCUT2D eigenvalue weighted by Gasteiger charge is 2.30. The Hall–Kier alpha value is -0.190. The second-order valence-corrected chi connectivity index (χ2v) is 5.52. The van der Waals surface area contributed by atoms with Crippen molar-refractivity contribution in [2.75, 3.05) is 26.4 Å². The minimum Gasteiger partial charge on any atom is -0.379 e. The van der Waals surface area contributed by atoms with Gasteiger partial charge >= 0.3 is 0 Å². The highest BCUT2D eigenvalue weighted by atomic mass is 19.1. The van der Waals surface area contributed by atoms with Gasteiger partial charge in [0.2, 0.25) is 0 Å². The SMILES string of the molecule is CC(F)(CCC1CCCO1)CC1COCCN1. The van der Waals surface area contributed by atoms with Crippen LogP contribution in [0.4, 0.5) is 4.39 Å². The van der Waals surface area contributed by atoms with Gasteiger partial charge in [0.25, 0.3) is 0 Å². The van der Waals surface area contributed by atoms with Gasteiger partial charge in [-0.15, -0.1) is 0 Å². The fourth-order valence-electron chi connectivity index (χ4n) is 2.70. The first-order valence-corrected chi connectivity index (χ1v) is 6.77. The standard InChI is InChI=1S/C13H24FNO2/c1-13(14,5-4-12-3-2-7-17-12)9-11-10-16-8-6-15-11/h11-12,15H,2-10H2,1H3. The van der Waals surface area contributed by atoms with Crippen molar-refractivity contribution in [1.82, 2.24) is 5.32 Å². The molecule has 0 amide bonds. The van der Waals surface area contributed by atoms with Crippen molar-refractivity contribution in [2.24, 2.45) is 0 Å². The Labute approximate surface area is 103 Å². The summed E-state index contributed by atoms with van der Waals surface area (Å²) in [6.45, 7) is 4.78. The molecule has 2 rings (SSSR count). The maximum Gasteiger partial charge on any atom is 0.110 e. The van der Waals surface area contributed by atoms with Crippen molar-refractivity contribution in [3.8, 4) is 0 Å². The molecule has 2 saturated heterocycles. The molecule has 0 saturated carbocycles. The van der Waals surface area contributed by atoms with E-state index in [0.29, 0.717) is 25.6 Å². The Morgan fingerprint density at radius 2 is 2.29 bits per heavy atom. The van der Waals surface area contributed by atoms with Crippen LogP contribution in [0.5, 0.6) is 0 Å². The highest BCUT2D eigenvalue weighted by Crippen LogP contribution is 2.28. The Kier molecular flexibility index (Phi) is 4.77. The van der Waals surface area contributed by atoms with Gasteiger partial charge in [0, 0.05) is 19.2 Å². The molecule has 2 heterocycles. The predicted molar refractivity (Wildman–Crippen MR) is 64.9 cm³/mol. The first-order chi connectivity index (χ1) is 8.16. The minimum atomic E-state index is -1.11. The van der Waals surface area contributed by atoms with Gasteiger partial charge in [-0.25, -0.2) is 4.39 Å². The van der Waals surface area contributed by atoms with E-state index in [1.807, 2.05) is 0 Å². The molecule has 0 aromatic carbocycles. The number of rotatable bonds is 5. The van der Waals surface area contributed by atoms with E-state index in [4.69, 9.17) is 9.47 Å². The zero-order valence-electron chi connectivity index (χ0n) is 10.7. The summed E-state index contributed by atoms with van der Waals surface area (Å²) < 4.78 is 25.3. The molecular weight excluding hydrogens is 221 g/mol. The fraction of sp³-hybridized carbons (Fsp3) is 1.00. The number of hydrogen-bond donors (Lipinski definition) is 1. The topological polar surface area (TPSA) is 30.5 Å². The lowest BCUT2D eigenvalue weighted by molar-refractivity contribution is 0.0360. The molecule has 2 aliphatic rings. The fourth-order valence-corrected chi connectivity index (χ4v) is 2.70. The second-order valence-electron chi connectivity index (χ2n) is 5.52. The van der Waals surface area contributed by atoms with Gasteiger partial charge in [-0.2, -0.15) is 0 Å². The summed E-state index contributed by atoms with van der Waals surface area (Å²) in [6, 6.07) is 0.170. The third kappa shape index (κ3) is 4.53. The maximum absolute atomic E-state index is 14.4. The molecule has 0 radical (unpaired) electrons. The average molecular weight is 245 g/mol. The summed E-state index contributed by atoms with van der Waals surface area (Å²) >= 11 is 0. The summed E-state index contributed by atoms with van der Waals surface area (Å²) in [5, 5.41) is 3.31. The monoisotopic (exact) mass is 245 g/mol. The molecule has 0 aromatic rings. The van der Waals surface area contributed by atoms with E-state index in [1.54, 1.807) is 6.92 Å². The van der Waals surface area contributed by atoms with Crippen LogP contribution < -0.4 is 5.32 Å². The predicted octanol–water partition coefficient (Wildman–Crippen LogP) is 2.05. The van der Waals surface area contributed by atoms with Crippen LogP contribution in [0, 0.1) is 0 Å². The van der Waals surface area contributed by atoms with Gasteiger partial charge in [0.05, 0.1) is 19.3 Å². The first-order valence-electron chi connectivity index (χ1n) is 6.77. The summed E-state index contributed by atoms with van der Waals surface area (Å²) in [5.74, 6) is 0. The zero-order valence-corrected chi connectivity index (χ0v) is 10.7. The highest BCUT2D eigenvalue weighted by molar-refractivity contribution is 4.84. The van der Waals surface area contributed by atoms with Crippen LogP contribution in [0.15, 0.2) is 0 Å². The van der Waals surface area contributed by atoms with E-state index in [0.717, 1.165) is 39.0 Å². The molecule has 3 atom stereocenters. The molecule has 2 fully saturated rings. The van der Waals surface area contributed by atoms with Gasteiger partial charge in [0.1, 0.15) is 5.67 Å². The van der Waals surface area contributed by atoms with E-state index in [1.165, 1.54) is 0 Å². The third-order valence-electron chi connectivity index (χ3n) is 3.68. The van der Waals surface area contributed by atoms with Crippen molar-refractivity contribution < 1.29 is 13.9 Å². The van der Waals surface area contributed by atoms with Crippen LogP contribution in [-0.4, -0.2) is 44.2 Å². The van der Waals surface area contributed by atoms with E-state index in [9.17, 15) is 4.39 Å². The number of hydrogen-bond acceptors (Lipinski definition) is 3. The number of morpholine rings is 1. The normalized spacial score (nSPS) is 33.5. The molecule has 4 heteroatoms. The Balaban J connectivity index is 1.68. The number of alkyl halides is 1. The Morgan fingerprint density at radius 1 is 1.41 bits per heavy atom. The molecular formula is C13H24FNO2. The van der Waals surface area contributed by atoms with Crippen LogP contribution >= 0.6 is 0 Å². The summed E-state index contributed by atoms with van der Waals surface area (Å²) in [7, 11) is 0. The van der Waals surface area contributed by atoms with E-state index in [2.05, 4.69) is 5.32 Å². The Bertz CT molecular complexity index is 223. The Morgan fingerprint density at radius 3 is 2.94 bits per heavy atom. The van der Waals surface area contributed by atoms with Gasteiger partial charge in [-0.1, -0.05) is 0 Å². The third-order valence-corrected chi connectivity index (χ3v) is 3.68. The lowest BCUT2D eigenvalue weighted by atomic mass is 9.92. The largest absolute Gasteiger partial charge is 0.379 e. The van der Waals surface area contributed by atoms with Crippen LogP contribution in [0.1, 0.15) is 39.0 Å². The van der Waals surface area contributed by atoms with E-state index < -0.39 is 5.67 Å². The zero-order chi connectivity index (χ0) is 12.1. The molecule has 3 nitrogen and oxygen atoms in total. The molecule has 1 N–H and O–H groups in total. The van der Waals surface area contributed by atoms with Crippen LogP contribution in [0.25, 0.3) is 0 Å². The molecule has 0 aromatic heterocycles. The molecule has 3 unspecified atom stereocenters. The quantitative estimate of drug-likeness (QED) is 0.804. The van der Waals surface area contributed by atoms with Gasteiger partial charge in [0.15, 0.2) is 0 Å². The summed E-state index contributed by atoms with van der Waals surface area (Å²) in [4.78, 5) is 0. The van der Waals surface area contributed by atoms with Crippen molar-refractivity contribution in [2.45, 2.75) is 56.8 Å². The average Bonchev–Trinajstić information content (AvgIpc) is 2.80. The first kappa shape index (κ1) is 13.2. The maximum atomic E-state index is 14.4.